The number of carbonyl (C=O) groups is 2. The normalized spacial score (nSPS) is 11.6. The third-order valence-electron chi connectivity index (χ3n) is 3.83. The minimum Gasteiger partial charge on any atom is -0.480 e. The van der Waals surface area contributed by atoms with Crippen molar-refractivity contribution >= 4 is 12.1 Å². The molecule has 5 nitrogen and oxygen atoms in total. The van der Waals surface area contributed by atoms with Gasteiger partial charge in [0.2, 0.25) is 0 Å². The Morgan fingerprint density at radius 1 is 1.04 bits per heavy atom. The summed E-state index contributed by atoms with van der Waals surface area (Å²) < 4.78 is 5.18. The minimum absolute atomic E-state index is 0.196. The van der Waals surface area contributed by atoms with Crippen LogP contribution in [0.4, 0.5) is 4.79 Å². The quantitative estimate of drug-likeness (QED) is 0.765. The number of aliphatic carboxylic acids is 1. The molecule has 0 aliphatic heterocycles. The molecule has 132 valence electrons. The van der Waals surface area contributed by atoms with Crippen LogP contribution in [0.15, 0.2) is 54.6 Å². The van der Waals surface area contributed by atoms with Gasteiger partial charge in [0.1, 0.15) is 11.8 Å². The van der Waals surface area contributed by atoms with Crippen LogP contribution in [-0.2, 0) is 17.6 Å². The van der Waals surface area contributed by atoms with Crippen LogP contribution >= 0.6 is 0 Å². The highest BCUT2D eigenvalue weighted by molar-refractivity contribution is 5.81. The van der Waals surface area contributed by atoms with E-state index in [9.17, 15) is 14.7 Å². The molecule has 0 aliphatic rings. The predicted molar refractivity (Wildman–Crippen MR) is 95.8 cm³/mol. The third kappa shape index (κ3) is 6.30. The predicted octanol–water partition coefficient (Wildman–Crippen LogP) is 3.81. The lowest BCUT2D eigenvalue weighted by molar-refractivity contribution is -0.139. The first-order valence-electron chi connectivity index (χ1n) is 8.42. The lowest BCUT2D eigenvalue weighted by Gasteiger charge is -2.14. The molecular formula is C20H23NO4. The zero-order chi connectivity index (χ0) is 18.1. The Kier molecular flexibility index (Phi) is 7.01. The van der Waals surface area contributed by atoms with E-state index < -0.39 is 18.1 Å². The molecular weight excluding hydrogens is 318 g/mol. The average Bonchev–Trinajstić information content (AvgIpc) is 2.61. The number of hydrogen-bond acceptors (Lipinski definition) is 3. The highest BCUT2D eigenvalue weighted by Crippen LogP contribution is 2.14. The molecule has 1 unspecified atom stereocenters. The number of rotatable bonds is 8. The summed E-state index contributed by atoms with van der Waals surface area (Å²) in [5.74, 6) is -0.711. The van der Waals surface area contributed by atoms with Gasteiger partial charge in [-0.1, -0.05) is 55.8 Å². The maximum Gasteiger partial charge on any atom is 0.413 e. The molecule has 2 N–H and O–H groups in total. The van der Waals surface area contributed by atoms with Crippen LogP contribution in [0.25, 0.3) is 0 Å². The van der Waals surface area contributed by atoms with E-state index in [2.05, 4.69) is 12.2 Å². The summed E-state index contributed by atoms with van der Waals surface area (Å²) >= 11 is 0. The van der Waals surface area contributed by atoms with Gasteiger partial charge in [0.05, 0.1) is 0 Å². The number of aryl methyl sites for hydroxylation is 1. The molecule has 5 heteroatoms. The standard InChI is InChI=1S/C20H23NO4/c1-2-3-7-15-10-12-17(13-11-15)25-20(24)21-18(19(22)23)14-16-8-5-4-6-9-16/h4-6,8-13,18H,2-3,7,14H2,1H3,(H,21,24)(H,22,23). The number of amides is 1. The number of carboxylic acids is 1. The van der Waals surface area contributed by atoms with Gasteiger partial charge in [-0.25, -0.2) is 9.59 Å². The molecule has 0 radical (unpaired) electrons. The molecule has 2 rings (SSSR count). The van der Waals surface area contributed by atoms with Gasteiger partial charge in [0.25, 0.3) is 0 Å². The summed E-state index contributed by atoms with van der Waals surface area (Å²) in [6.45, 7) is 2.14. The molecule has 25 heavy (non-hydrogen) atoms. The number of carbonyl (C=O) groups excluding carboxylic acids is 1. The van der Waals surface area contributed by atoms with E-state index in [1.807, 2.05) is 42.5 Å². The van der Waals surface area contributed by atoms with Gasteiger partial charge in [0.15, 0.2) is 0 Å². The van der Waals surface area contributed by atoms with Gasteiger partial charge in [-0.2, -0.15) is 0 Å². The monoisotopic (exact) mass is 341 g/mol. The largest absolute Gasteiger partial charge is 0.480 e. The van der Waals surface area contributed by atoms with Crippen LogP contribution in [0, 0.1) is 0 Å². The van der Waals surface area contributed by atoms with Crippen molar-refractivity contribution in [2.24, 2.45) is 0 Å². The molecule has 0 spiro atoms. The van der Waals surface area contributed by atoms with Crippen molar-refractivity contribution < 1.29 is 19.4 Å². The number of carboxylic acid groups (broad SMARTS) is 1. The zero-order valence-electron chi connectivity index (χ0n) is 14.3. The van der Waals surface area contributed by atoms with Gasteiger partial charge in [-0.05, 0) is 36.1 Å². The molecule has 2 aromatic rings. The van der Waals surface area contributed by atoms with Gasteiger partial charge < -0.3 is 15.2 Å². The Bertz CT molecular complexity index is 683. The molecule has 0 saturated heterocycles. The van der Waals surface area contributed by atoms with E-state index in [0.29, 0.717) is 5.75 Å². The van der Waals surface area contributed by atoms with Crippen LogP contribution in [0.1, 0.15) is 30.9 Å². The summed E-state index contributed by atoms with van der Waals surface area (Å²) in [5.41, 5.74) is 2.01. The summed E-state index contributed by atoms with van der Waals surface area (Å²) in [7, 11) is 0. The van der Waals surface area contributed by atoms with E-state index in [0.717, 1.165) is 24.8 Å². The maximum atomic E-state index is 12.0. The third-order valence-corrected chi connectivity index (χ3v) is 3.83. The van der Waals surface area contributed by atoms with E-state index in [4.69, 9.17) is 4.74 Å². The molecule has 0 saturated carbocycles. The Morgan fingerprint density at radius 3 is 2.32 bits per heavy atom. The molecule has 0 aromatic heterocycles. The van der Waals surface area contributed by atoms with Crippen molar-refractivity contribution in [1.29, 1.82) is 0 Å². The number of nitrogens with one attached hydrogen (secondary N) is 1. The number of hydrogen-bond donors (Lipinski definition) is 2. The average molecular weight is 341 g/mol. The van der Waals surface area contributed by atoms with Crippen molar-refractivity contribution in [1.82, 2.24) is 5.32 Å². The molecule has 2 aromatic carbocycles. The van der Waals surface area contributed by atoms with Crippen LogP contribution in [0.2, 0.25) is 0 Å². The molecule has 1 atom stereocenters. The second kappa shape index (κ2) is 9.47. The van der Waals surface area contributed by atoms with Crippen molar-refractivity contribution in [3.05, 3.63) is 65.7 Å². The van der Waals surface area contributed by atoms with E-state index >= 15 is 0 Å². The lowest BCUT2D eigenvalue weighted by atomic mass is 10.1. The number of ether oxygens (including phenoxy) is 1. The van der Waals surface area contributed by atoms with E-state index in [1.54, 1.807) is 12.1 Å². The van der Waals surface area contributed by atoms with E-state index in [1.165, 1.54) is 5.56 Å². The highest BCUT2D eigenvalue weighted by atomic mass is 16.6. The second-order valence-electron chi connectivity index (χ2n) is 5.86. The lowest BCUT2D eigenvalue weighted by Crippen LogP contribution is -2.43. The molecule has 0 bridgehead atoms. The molecule has 1 amide bonds. The molecule has 0 heterocycles. The first kappa shape index (κ1) is 18.5. The topological polar surface area (TPSA) is 75.6 Å². The van der Waals surface area contributed by atoms with Crippen LogP contribution < -0.4 is 10.1 Å². The zero-order valence-corrected chi connectivity index (χ0v) is 14.3. The van der Waals surface area contributed by atoms with Gasteiger partial charge in [-0.3, -0.25) is 0 Å². The fraction of sp³-hybridized carbons (Fsp3) is 0.300. The molecule has 0 fully saturated rings. The fourth-order valence-corrected chi connectivity index (χ4v) is 2.43. The highest BCUT2D eigenvalue weighted by Gasteiger charge is 2.21. The summed E-state index contributed by atoms with van der Waals surface area (Å²) in [4.78, 5) is 23.3. The Morgan fingerprint density at radius 2 is 1.72 bits per heavy atom. The van der Waals surface area contributed by atoms with E-state index in [-0.39, 0.29) is 6.42 Å². The first-order valence-corrected chi connectivity index (χ1v) is 8.42. The minimum atomic E-state index is -1.10. The first-order chi connectivity index (χ1) is 12.1. The van der Waals surface area contributed by atoms with Crippen LogP contribution in [0.5, 0.6) is 5.75 Å². The fourth-order valence-electron chi connectivity index (χ4n) is 2.43. The van der Waals surface area contributed by atoms with Crippen molar-refractivity contribution in [2.75, 3.05) is 0 Å². The molecule has 0 aliphatic carbocycles. The summed E-state index contributed by atoms with van der Waals surface area (Å²) in [6.07, 6.45) is 2.64. The Labute approximate surface area is 147 Å². The summed E-state index contributed by atoms with van der Waals surface area (Å²) in [5, 5.41) is 11.7. The van der Waals surface area contributed by atoms with Gasteiger partial charge in [-0.15, -0.1) is 0 Å². The summed E-state index contributed by atoms with van der Waals surface area (Å²) in [6, 6.07) is 15.4. The van der Waals surface area contributed by atoms with Crippen LogP contribution in [-0.4, -0.2) is 23.2 Å². The second-order valence-corrected chi connectivity index (χ2v) is 5.86. The smallest absolute Gasteiger partial charge is 0.413 e. The maximum absolute atomic E-state index is 12.0. The van der Waals surface area contributed by atoms with Crippen LogP contribution in [0.3, 0.4) is 0 Å². The van der Waals surface area contributed by atoms with Gasteiger partial charge in [0, 0.05) is 6.42 Å². The van der Waals surface area contributed by atoms with Crippen molar-refractivity contribution in [2.45, 2.75) is 38.6 Å². The van der Waals surface area contributed by atoms with Crippen molar-refractivity contribution in [3.63, 3.8) is 0 Å². The number of benzene rings is 2. The van der Waals surface area contributed by atoms with Crippen molar-refractivity contribution in [3.8, 4) is 5.75 Å². The Hall–Kier alpha value is -2.82. The number of unbranched alkanes of at least 4 members (excludes halogenated alkanes) is 1. The Balaban J connectivity index is 1.91. The SMILES string of the molecule is CCCCc1ccc(OC(=O)NC(Cc2ccccc2)C(=O)O)cc1. The van der Waals surface area contributed by atoms with Gasteiger partial charge >= 0.3 is 12.1 Å².